The predicted octanol–water partition coefficient (Wildman–Crippen LogP) is 4.94. The van der Waals surface area contributed by atoms with E-state index < -0.39 is 15.8 Å². The van der Waals surface area contributed by atoms with Gasteiger partial charge < -0.3 is 5.32 Å². The van der Waals surface area contributed by atoms with Crippen molar-refractivity contribution < 1.29 is 17.6 Å². The van der Waals surface area contributed by atoms with Crippen molar-refractivity contribution in [3.63, 3.8) is 0 Å². The lowest BCUT2D eigenvalue weighted by molar-refractivity contribution is 0.0954. The molecule has 0 atom stereocenters. The summed E-state index contributed by atoms with van der Waals surface area (Å²) in [5, 5.41) is 2.97. The molecule has 2 N–H and O–H groups in total. The van der Waals surface area contributed by atoms with Gasteiger partial charge in [0.05, 0.1) is 4.90 Å². The molecule has 178 valence electrons. The Balaban J connectivity index is 1.53. The van der Waals surface area contributed by atoms with Gasteiger partial charge in [0.1, 0.15) is 5.82 Å². The summed E-state index contributed by atoms with van der Waals surface area (Å²) in [4.78, 5) is 12.9. The zero-order chi connectivity index (χ0) is 24.7. The lowest BCUT2D eigenvalue weighted by atomic mass is 9.95. The maximum Gasteiger partial charge on any atom is 0.251 e. The van der Waals surface area contributed by atoms with Crippen LogP contribution in [0.5, 0.6) is 0 Å². The second-order valence-electron chi connectivity index (χ2n) is 7.98. The highest BCUT2D eigenvalue weighted by Crippen LogP contribution is 2.27. The molecule has 5 nitrogen and oxygen atoms in total. The molecule has 35 heavy (non-hydrogen) atoms. The molecule has 4 aromatic carbocycles. The molecule has 4 rings (SSSR count). The summed E-state index contributed by atoms with van der Waals surface area (Å²) in [5.74, 6) is -0.827. The Hall–Kier alpha value is -3.81. The van der Waals surface area contributed by atoms with Crippen molar-refractivity contribution in [2.45, 2.75) is 17.9 Å². The molecule has 0 aliphatic rings. The van der Waals surface area contributed by atoms with Crippen LogP contribution in [-0.2, 0) is 23.0 Å². The number of halogens is 1. The molecule has 0 spiro atoms. The summed E-state index contributed by atoms with van der Waals surface area (Å²) in [5.41, 5.74) is 3.77. The molecule has 0 unspecified atom stereocenters. The van der Waals surface area contributed by atoms with Gasteiger partial charge in [0.15, 0.2) is 0 Å². The maximum atomic E-state index is 13.5. The maximum absolute atomic E-state index is 13.5. The number of benzene rings is 4. The summed E-state index contributed by atoms with van der Waals surface area (Å²) in [6.45, 7) is 0.477. The van der Waals surface area contributed by atoms with Crippen LogP contribution in [-0.4, -0.2) is 20.9 Å². The summed E-state index contributed by atoms with van der Waals surface area (Å²) in [7, 11) is -3.91. The zero-order valence-electron chi connectivity index (χ0n) is 18.9. The Morgan fingerprint density at radius 3 is 2.23 bits per heavy atom. The topological polar surface area (TPSA) is 75.3 Å². The van der Waals surface area contributed by atoms with Gasteiger partial charge in [-0.1, -0.05) is 78.9 Å². The van der Waals surface area contributed by atoms with Crippen molar-refractivity contribution in [2.24, 2.45) is 0 Å². The smallest absolute Gasteiger partial charge is 0.251 e. The Morgan fingerprint density at radius 2 is 1.46 bits per heavy atom. The van der Waals surface area contributed by atoms with Crippen LogP contribution in [0.3, 0.4) is 0 Å². The van der Waals surface area contributed by atoms with Crippen molar-refractivity contribution in [2.75, 3.05) is 6.54 Å². The quantitative estimate of drug-likeness (QED) is 0.350. The minimum absolute atomic E-state index is 0.0149. The minimum atomic E-state index is -3.91. The van der Waals surface area contributed by atoms with E-state index in [9.17, 15) is 17.6 Å². The van der Waals surface area contributed by atoms with E-state index in [1.807, 2.05) is 54.6 Å². The number of carbonyl (C=O) groups is 1. The molecule has 0 radical (unpaired) electrons. The number of carbonyl (C=O) groups excluding carboxylic acids is 1. The molecule has 0 saturated carbocycles. The molecular weight excluding hydrogens is 463 g/mol. The Labute approximate surface area is 204 Å². The van der Waals surface area contributed by atoms with E-state index in [4.69, 9.17) is 0 Å². The van der Waals surface area contributed by atoms with E-state index in [0.717, 1.165) is 17.2 Å². The molecule has 4 aromatic rings. The summed E-state index contributed by atoms with van der Waals surface area (Å²) in [6, 6.07) is 29.3. The van der Waals surface area contributed by atoms with E-state index in [2.05, 4.69) is 10.0 Å². The fourth-order valence-corrected chi connectivity index (χ4v) is 4.84. The number of nitrogens with one attached hydrogen (secondary N) is 2. The van der Waals surface area contributed by atoms with Crippen LogP contribution in [0, 0.1) is 5.82 Å². The van der Waals surface area contributed by atoms with Crippen molar-refractivity contribution in [3.8, 4) is 11.1 Å². The highest BCUT2D eigenvalue weighted by Gasteiger charge is 2.18. The van der Waals surface area contributed by atoms with Crippen molar-refractivity contribution >= 4 is 15.9 Å². The molecule has 0 heterocycles. The van der Waals surface area contributed by atoms with E-state index in [1.54, 1.807) is 24.3 Å². The van der Waals surface area contributed by atoms with Gasteiger partial charge in [-0.05, 0) is 52.9 Å². The highest BCUT2D eigenvalue weighted by atomic mass is 32.2. The summed E-state index contributed by atoms with van der Waals surface area (Å²) in [6.07, 6.45) is 0.715. The third-order valence-electron chi connectivity index (χ3n) is 5.58. The van der Waals surface area contributed by atoms with E-state index in [1.165, 1.54) is 18.2 Å². The van der Waals surface area contributed by atoms with Crippen molar-refractivity contribution in [1.82, 2.24) is 10.0 Å². The van der Waals surface area contributed by atoms with E-state index >= 15 is 0 Å². The first kappa shape index (κ1) is 24.3. The molecule has 0 fully saturated rings. The fourth-order valence-electron chi connectivity index (χ4n) is 3.80. The van der Waals surface area contributed by atoms with Crippen molar-refractivity contribution in [3.05, 3.63) is 126 Å². The monoisotopic (exact) mass is 488 g/mol. The highest BCUT2D eigenvalue weighted by molar-refractivity contribution is 7.89. The summed E-state index contributed by atoms with van der Waals surface area (Å²) >= 11 is 0. The van der Waals surface area contributed by atoms with Gasteiger partial charge in [0, 0.05) is 18.7 Å². The number of sulfonamides is 1. The van der Waals surface area contributed by atoms with Gasteiger partial charge in [-0.3, -0.25) is 4.79 Å². The van der Waals surface area contributed by atoms with Crippen LogP contribution in [0.15, 0.2) is 108 Å². The lowest BCUT2D eigenvalue weighted by Gasteiger charge is -2.15. The first-order chi connectivity index (χ1) is 16.9. The number of hydrogen-bond donors (Lipinski definition) is 2. The molecule has 0 saturated heterocycles. The molecule has 7 heteroatoms. The third-order valence-corrected chi connectivity index (χ3v) is 6.98. The number of hydrogen-bond acceptors (Lipinski definition) is 3. The van der Waals surface area contributed by atoms with Crippen LogP contribution >= 0.6 is 0 Å². The average Bonchev–Trinajstić information content (AvgIpc) is 2.88. The first-order valence-corrected chi connectivity index (χ1v) is 12.7. The third kappa shape index (κ3) is 6.20. The normalized spacial score (nSPS) is 11.2. The molecule has 1 amide bonds. The Morgan fingerprint density at radius 1 is 0.771 bits per heavy atom. The van der Waals surface area contributed by atoms with E-state index in [-0.39, 0.29) is 17.3 Å². The largest absolute Gasteiger partial charge is 0.352 e. The fraction of sp³-hybridized carbons (Fsp3) is 0.107. The SMILES string of the molecule is O=C(NCCc1ccccc1)c1ccccc1-c1ccccc1CNS(=O)(=O)c1cccc(F)c1. The molecule has 0 aromatic heterocycles. The van der Waals surface area contributed by atoms with Gasteiger partial charge in [-0.15, -0.1) is 0 Å². The van der Waals surface area contributed by atoms with Gasteiger partial charge in [0.25, 0.3) is 5.91 Å². The standard InChI is InChI=1S/C28H25FN2O3S/c29-23-12-8-13-24(19-23)35(33,34)31-20-22-11-4-5-14-25(22)26-15-6-7-16-27(26)28(32)30-18-17-21-9-2-1-3-10-21/h1-16,19,31H,17-18,20H2,(H,30,32). The second-order valence-corrected chi connectivity index (χ2v) is 9.74. The van der Waals surface area contributed by atoms with Crippen LogP contribution in [0.25, 0.3) is 11.1 Å². The Bertz CT molecular complexity index is 1420. The predicted molar refractivity (Wildman–Crippen MR) is 135 cm³/mol. The molecule has 0 aliphatic carbocycles. The van der Waals surface area contributed by atoms with Crippen LogP contribution < -0.4 is 10.0 Å². The van der Waals surface area contributed by atoms with Gasteiger partial charge in [0.2, 0.25) is 10.0 Å². The molecule has 0 aliphatic heterocycles. The number of rotatable bonds is 9. The zero-order valence-corrected chi connectivity index (χ0v) is 19.8. The van der Waals surface area contributed by atoms with Gasteiger partial charge in [-0.25, -0.2) is 17.5 Å². The second kappa shape index (κ2) is 11.1. The van der Waals surface area contributed by atoms with E-state index in [0.29, 0.717) is 29.7 Å². The number of amides is 1. The molecular formula is C28H25FN2O3S. The average molecular weight is 489 g/mol. The van der Waals surface area contributed by atoms with Gasteiger partial charge >= 0.3 is 0 Å². The first-order valence-electron chi connectivity index (χ1n) is 11.2. The minimum Gasteiger partial charge on any atom is -0.352 e. The lowest BCUT2D eigenvalue weighted by Crippen LogP contribution is -2.26. The van der Waals surface area contributed by atoms with Crippen LogP contribution in [0.1, 0.15) is 21.5 Å². The molecule has 0 bridgehead atoms. The van der Waals surface area contributed by atoms with Crippen LogP contribution in [0.4, 0.5) is 4.39 Å². The van der Waals surface area contributed by atoms with Gasteiger partial charge in [-0.2, -0.15) is 0 Å². The summed E-state index contributed by atoms with van der Waals surface area (Å²) < 4.78 is 41.4. The van der Waals surface area contributed by atoms with Crippen LogP contribution in [0.2, 0.25) is 0 Å². The van der Waals surface area contributed by atoms with Crippen molar-refractivity contribution in [1.29, 1.82) is 0 Å². The Kier molecular flexibility index (Phi) is 7.70.